The van der Waals surface area contributed by atoms with E-state index in [2.05, 4.69) is 187 Å². The molecule has 61 heavy (non-hydrogen) atoms. The zero-order valence-corrected chi connectivity index (χ0v) is 37.3. The van der Waals surface area contributed by atoms with Gasteiger partial charge in [-0.05, 0) is 97.7 Å². The molecule has 0 aliphatic rings. The maximum absolute atomic E-state index is 5.26. The van der Waals surface area contributed by atoms with Crippen molar-refractivity contribution in [2.45, 2.75) is 72.1 Å². The van der Waals surface area contributed by atoms with E-state index in [0.29, 0.717) is 0 Å². The Balaban J connectivity index is 1.10. The smallest absolute Gasteiger partial charge is 0.0716 e. The number of benzene rings is 6. The fourth-order valence-corrected chi connectivity index (χ4v) is 12.3. The van der Waals surface area contributed by atoms with Crippen molar-refractivity contribution in [2.75, 3.05) is 0 Å². The van der Waals surface area contributed by atoms with Crippen molar-refractivity contribution in [3.8, 4) is 44.8 Å². The minimum absolute atomic E-state index is 0.249. The Morgan fingerprint density at radius 3 is 1.61 bits per heavy atom. The van der Waals surface area contributed by atoms with E-state index < -0.39 is 0 Å². The molecule has 0 unspecified atom stereocenters. The predicted octanol–water partition coefficient (Wildman–Crippen LogP) is 16.9. The molecular weight excluding hydrogens is 777 g/mol. The molecule has 0 spiro atoms. The number of pyridine rings is 2. The number of rotatable bonds is 11. The number of unbranched alkanes of at least 4 members (excludes halogenated alkanes) is 1. The lowest BCUT2D eigenvalue weighted by Crippen LogP contribution is -2.28. The first-order valence-electron chi connectivity index (χ1n) is 21.9. The van der Waals surface area contributed by atoms with Gasteiger partial charge < -0.3 is 0 Å². The first-order chi connectivity index (χ1) is 29.9. The topological polar surface area (TPSA) is 25.8 Å². The van der Waals surface area contributed by atoms with Crippen LogP contribution >= 0.6 is 22.7 Å². The van der Waals surface area contributed by atoms with Crippen LogP contribution in [0.2, 0.25) is 0 Å². The lowest BCUT2D eigenvalue weighted by Gasteiger charge is -2.37. The van der Waals surface area contributed by atoms with Crippen molar-refractivity contribution < 1.29 is 0 Å². The maximum Gasteiger partial charge on any atom is 0.0716 e. The molecular formula is C57H50N2S2. The molecule has 0 aliphatic carbocycles. The van der Waals surface area contributed by atoms with Crippen molar-refractivity contribution in [3.05, 3.63) is 180 Å². The van der Waals surface area contributed by atoms with E-state index in [0.717, 1.165) is 41.8 Å². The minimum Gasteiger partial charge on any atom is -0.256 e. The first-order valence-corrected chi connectivity index (χ1v) is 23.5. The van der Waals surface area contributed by atoms with Gasteiger partial charge in [0.2, 0.25) is 0 Å². The van der Waals surface area contributed by atoms with Gasteiger partial charge in [0.25, 0.3) is 0 Å². The van der Waals surface area contributed by atoms with E-state index >= 15 is 0 Å². The normalized spacial score (nSPS) is 12.0. The van der Waals surface area contributed by atoms with E-state index in [1.807, 2.05) is 22.7 Å². The third-order valence-corrected chi connectivity index (χ3v) is 15.4. The Kier molecular flexibility index (Phi) is 10.4. The summed E-state index contributed by atoms with van der Waals surface area (Å²) in [5.41, 5.74) is 15.5. The standard InChI is InChI=1S/C57H50N2S2/c1-6-9-15-38-24-29-53-49(33-38)46-20-14-22-48(56(46)61-53)51-28-26-40(35-59-51)43-18-12-17-42(54(43)57(7-2,8-3)41-31-36(4)30-37(5)32-41)39-25-27-50(58-34-39)47-21-13-19-45-44-16-10-11-23-52(44)60-55(45)47/h10-14,16-35H,6-9,15H2,1-5H3. The van der Waals surface area contributed by atoms with Gasteiger partial charge >= 0.3 is 0 Å². The van der Waals surface area contributed by atoms with Gasteiger partial charge in [-0.2, -0.15) is 0 Å². The van der Waals surface area contributed by atoms with E-state index in [-0.39, 0.29) is 5.41 Å². The Bertz CT molecular complexity index is 3200. The molecule has 4 heterocycles. The lowest BCUT2D eigenvalue weighted by atomic mass is 9.66. The van der Waals surface area contributed by atoms with Crippen LogP contribution in [-0.2, 0) is 11.8 Å². The number of thiophene rings is 2. The van der Waals surface area contributed by atoms with Gasteiger partial charge in [-0.1, -0.05) is 148 Å². The Labute approximate surface area is 367 Å². The quantitative estimate of drug-likeness (QED) is 0.130. The minimum atomic E-state index is -0.249. The van der Waals surface area contributed by atoms with Crippen LogP contribution in [0.25, 0.3) is 85.1 Å². The molecule has 300 valence electrons. The highest BCUT2D eigenvalue weighted by Gasteiger charge is 2.36. The first kappa shape index (κ1) is 39.2. The zero-order valence-electron chi connectivity index (χ0n) is 35.7. The van der Waals surface area contributed by atoms with Crippen LogP contribution in [0, 0.1) is 13.8 Å². The largest absolute Gasteiger partial charge is 0.256 e. The lowest BCUT2D eigenvalue weighted by molar-refractivity contribution is 0.480. The maximum atomic E-state index is 5.26. The molecule has 4 aromatic heterocycles. The molecule has 0 saturated carbocycles. The third-order valence-electron chi connectivity index (χ3n) is 13.0. The molecule has 0 fully saturated rings. The fourth-order valence-electron chi connectivity index (χ4n) is 9.91. The molecule has 10 rings (SSSR count). The van der Waals surface area contributed by atoms with Gasteiger partial charge in [0.05, 0.1) is 11.4 Å². The number of aromatic nitrogens is 2. The van der Waals surface area contributed by atoms with Crippen LogP contribution in [0.1, 0.15) is 74.3 Å². The molecule has 0 atom stereocenters. The summed E-state index contributed by atoms with van der Waals surface area (Å²) < 4.78 is 5.23. The Morgan fingerprint density at radius 2 is 1.03 bits per heavy atom. The summed E-state index contributed by atoms with van der Waals surface area (Å²) in [6.45, 7) is 11.4. The summed E-state index contributed by atoms with van der Waals surface area (Å²) in [7, 11) is 0. The predicted molar refractivity (Wildman–Crippen MR) is 265 cm³/mol. The highest BCUT2D eigenvalue weighted by Crippen LogP contribution is 2.49. The monoisotopic (exact) mass is 826 g/mol. The van der Waals surface area contributed by atoms with Gasteiger partial charge in [-0.15, -0.1) is 22.7 Å². The average Bonchev–Trinajstić information content (AvgIpc) is 3.87. The highest BCUT2D eigenvalue weighted by molar-refractivity contribution is 7.26. The third kappa shape index (κ3) is 6.87. The molecule has 2 nitrogen and oxygen atoms in total. The van der Waals surface area contributed by atoms with Gasteiger partial charge in [0.15, 0.2) is 0 Å². The highest BCUT2D eigenvalue weighted by atomic mass is 32.1. The van der Waals surface area contributed by atoms with Crippen molar-refractivity contribution in [2.24, 2.45) is 0 Å². The summed E-state index contributed by atoms with van der Waals surface area (Å²) in [4.78, 5) is 10.5. The number of aryl methyl sites for hydroxylation is 3. The number of hydrogen-bond acceptors (Lipinski definition) is 4. The number of nitrogens with zero attached hydrogens (tertiary/aromatic N) is 2. The molecule has 0 radical (unpaired) electrons. The molecule has 0 amide bonds. The van der Waals surface area contributed by atoms with Gasteiger partial charge in [0.1, 0.15) is 0 Å². The van der Waals surface area contributed by atoms with Gasteiger partial charge in [-0.25, -0.2) is 0 Å². The van der Waals surface area contributed by atoms with E-state index in [1.54, 1.807) is 0 Å². The molecule has 4 heteroatoms. The molecule has 0 bridgehead atoms. The molecule has 6 aromatic carbocycles. The SMILES string of the molecule is CCCCc1ccc2sc3c(-c4ccc(-c5cccc(-c6ccc(-c7cccc8c7sc7ccccc78)nc6)c5C(CC)(CC)c5cc(C)cc(C)c5)cn4)cccc3c2c1. The number of fused-ring (bicyclic) bond motifs is 6. The second-order valence-electron chi connectivity index (χ2n) is 16.8. The Hall–Kier alpha value is -5.94. The fraction of sp³-hybridized carbons (Fsp3) is 0.193. The van der Waals surface area contributed by atoms with Crippen LogP contribution in [-0.4, -0.2) is 9.97 Å². The van der Waals surface area contributed by atoms with Crippen molar-refractivity contribution in [1.82, 2.24) is 9.97 Å². The summed E-state index contributed by atoms with van der Waals surface area (Å²) >= 11 is 3.74. The second kappa shape index (κ2) is 16.2. The average molecular weight is 827 g/mol. The zero-order chi connectivity index (χ0) is 41.7. The number of hydrogen-bond donors (Lipinski definition) is 0. The van der Waals surface area contributed by atoms with Crippen molar-refractivity contribution in [1.29, 1.82) is 0 Å². The van der Waals surface area contributed by atoms with Crippen LogP contribution < -0.4 is 0 Å². The molecule has 0 saturated heterocycles. The van der Waals surface area contributed by atoms with Crippen LogP contribution in [0.3, 0.4) is 0 Å². The van der Waals surface area contributed by atoms with Gasteiger partial charge in [-0.3, -0.25) is 9.97 Å². The summed E-state index contributed by atoms with van der Waals surface area (Å²) in [5, 5.41) is 5.27. The summed E-state index contributed by atoms with van der Waals surface area (Å²) in [6, 6.07) is 52.1. The van der Waals surface area contributed by atoms with Crippen LogP contribution in [0.4, 0.5) is 0 Å². The van der Waals surface area contributed by atoms with E-state index in [9.17, 15) is 0 Å². The van der Waals surface area contributed by atoms with Crippen molar-refractivity contribution in [3.63, 3.8) is 0 Å². The molecule has 0 N–H and O–H groups in total. The van der Waals surface area contributed by atoms with Crippen LogP contribution in [0.15, 0.2) is 152 Å². The summed E-state index contributed by atoms with van der Waals surface area (Å²) in [6.07, 6.45) is 9.67. The summed E-state index contributed by atoms with van der Waals surface area (Å²) in [5.74, 6) is 0. The molecule has 0 aliphatic heterocycles. The molecule has 10 aromatic rings. The second-order valence-corrected chi connectivity index (χ2v) is 18.9. The van der Waals surface area contributed by atoms with E-state index in [4.69, 9.17) is 9.97 Å². The van der Waals surface area contributed by atoms with Gasteiger partial charge in [0, 0.05) is 80.4 Å². The van der Waals surface area contributed by atoms with Crippen LogP contribution in [0.5, 0.6) is 0 Å². The van der Waals surface area contributed by atoms with E-state index in [1.165, 1.54) is 103 Å². The van der Waals surface area contributed by atoms with Crippen molar-refractivity contribution >= 4 is 63.0 Å². The Morgan fingerprint density at radius 1 is 0.492 bits per heavy atom.